The Kier molecular flexibility index (Phi) is 2.40. The maximum Gasteiger partial charge on any atom is 0.287 e. The molecule has 0 saturated carbocycles. The summed E-state index contributed by atoms with van der Waals surface area (Å²) in [7, 11) is 1.57. The van der Waals surface area contributed by atoms with Gasteiger partial charge in [-0.15, -0.1) is 0 Å². The van der Waals surface area contributed by atoms with Crippen LogP contribution in [0, 0.1) is 6.92 Å². The third kappa shape index (κ3) is 1.59. The normalized spacial score (nSPS) is 10.6. The van der Waals surface area contributed by atoms with Crippen LogP contribution in [0.15, 0.2) is 22.6 Å². The van der Waals surface area contributed by atoms with Crippen molar-refractivity contribution in [3.8, 4) is 0 Å². The van der Waals surface area contributed by atoms with Crippen LogP contribution < -0.4 is 5.32 Å². The summed E-state index contributed by atoms with van der Waals surface area (Å²) < 4.78 is 5.44. The molecule has 15 heavy (non-hydrogen) atoms. The number of benzene rings is 1. The largest absolute Gasteiger partial charge is 0.451 e. The summed E-state index contributed by atoms with van der Waals surface area (Å²) in [6, 6.07) is 5.29. The van der Waals surface area contributed by atoms with Crippen LogP contribution in [0.2, 0.25) is 5.02 Å². The van der Waals surface area contributed by atoms with Crippen LogP contribution in [-0.2, 0) is 0 Å². The van der Waals surface area contributed by atoms with Crippen molar-refractivity contribution in [1.82, 2.24) is 5.32 Å². The summed E-state index contributed by atoms with van der Waals surface area (Å²) in [5.41, 5.74) is 1.49. The minimum atomic E-state index is -0.222. The van der Waals surface area contributed by atoms with Gasteiger partial charge >= 0.3 is 0 Å². The van der Waals surface area contributed by atoms with Gasteiger partial charge in [0, 0.05) is 23.0 Å². The van der Waals surface area contributed by atoms with Crippen molar-refractivity contribution >= 4 is 28.5 Å². The second kappa shape index (κ2) is 3.59. The molecule has 0 saturated heterocycles. The predicted octanol–water partition coefficient (Wildman–Crippen LogP) is 2.75. The topological polar surface area (TPSA) is 42.2 Å². The zero-order chi connectivity index (χ0) is 11.0. The van der Waals surface area contributed by atoms with Gasteiger partial charge in [-0.05, 0) is 25.1 Å². The molecule has 0 radical (unpaired) electrons. The van der Waals surface area contributed by atoms with Crippen LogP contribution in [0.1, 0.15) is 16.1 Å². The van der Waals surface area contributed by atoms with E-state index in [0.717, 1.165) is 10.9 Å². The van der Waals surface area contributed by atoms with Crippen LogP contribution in [0.4, 0.5) is 0 Å². The van der Waals surface area contributed by atoms with Crippen molar-refractivity contribution in [2.24, 2.45) is 0 Å². The smallest absolute Gasteiger partial charge is 0.287 e. The molecule has 78 valence electrons. The second-order valence-corrected chi connectivity index (χ2v) is 3.71. The van der Waals surface area contributed by atoms with Crippen molar-refractivity contribution < 1.29 is 9.21 Å². The molecule has 1 N–H and O–H groups in total. The summed E-state index contributed by atoms with van der Waals surface area (Å²) in [6.45, 7) is 1.84. The fourth-order valence-electron chi connectivity index (χ4n) is 1.52. The van der Waals surface area contributed by atoms with E-state index in [1.807, 2.05) is 6.92 Å². The van der Waals surface area contributed by atoms with Gasteiger partial charge in [0.1, 0.15) is 5.58 Å². The molecule has 0 spiro atoms. The first kappa shape index (κ1) is 10.1. The molecule has 0 atom stereocenters. The Morgan fingerprint density at radius 3 is 2.87 bits per heavy atom. The van der Waals surface area contributed by atoms with E-state index in [9.17, 15) is 4.79 Å². The van der Waals surface area contributed by atoms with Gasteiger partial charge in [0.05, 0.1) is 0 Å². The first-order valence-electron chi connectivity index (χ1n) is 4.54. The predicted molar refractivity (Wildman–Crippen MR) is 59.4 cm³/mol. The highest BCUT2D eigenvalue weighted by Gasteiger charge is 2.16. The molecule has 0 fully saturated rings. The number of furan rings is 1. The minimum Gasteiger partial charge on any atom is -0.451 e. The Morgan fingerprint density at radius 2 is 2.20 bits per heavy atom. The van der Waals surface area contributed by atoms with Crippen LogP contribution >= 0.6 is 11.6 Å². The van der Waals surface area contributed by atoms with E-state index in [1.54, 1.807) is 25.2 Å². The second-order valence-electron chi connectivity index (χ2n) is 3.28. The Bertz CT molecular complexity index is 531. The standard InChI is InChI=1S/C11H10ClNO2/c1-6-8-5-7(12)3-4-9(8)15-10(6)11(14)13-2/h3-5H,1-2H3,(H,13,14). The van der Waals surface area contributed by atoms with Gasteiger partial charge in [0.2, 0.25) is 0 Å². The van der Waals surface area contributed by atoms with E-state index in [4.69, 9.17) is 16.0 Å². The molecule has 0 unspecified atom stereocenters. The molecule has 0 bridgehead atoms. The van der Waals surface area contributed by atoms with Gasteiger partial charge in [-0.25, -0.2) is 0 Å². The fourth-order valence-corrected chi connectivity index (χ4v) is 1.70. The molecule has 0 aliphatic carbocycles. The first-order valence-corrected chi connectivity index (χ1v) is 4.92. The third-order valence-corrected chi connectivity index (χ3v) is 2.57. The number of amides is 1. The Balaban J connectivity index is 2.69. The zero-order valence-corrected chi connectivity index (χ0v) is 9.18. The lowest BCUT2D eigenvalue weighted by molar-refractivity contribution is 0.0937. The van der Waals surface area contributed by atoms with E-state index in [2.05, 4.69) is 5.32 Å². The molecule has 4 heteroatoms. The number of hydrogen-bond acceptors (Lipinski definition) is 2. The van der Waals surface area contributed by atoms with Gasteiger partial charge in [-0.3, -0.25) is 4.79 Å². The van der Waals surface area contributed by atoms with Crippen LogP contribution in [-0.4, -0.2) is 13.0 Å². The Morgan fingerprint density at radius 1 is 1.47 bits per heavy atom. The van der Waals surface area contributed by atoms with E-state index in [-0.39, 0.29) is 5.91 Å². The van der Waals surface area contributed by atoms with Crippen molar-refractivity contribution in [3.05, 3.63) is 34.5 Å². The van der Waals surface area contributed by atoms with Crippen molar-refractivity contribution in [2.75, 3.05) is 7.05 Å². The highest BCUT2D eigenvalue weighted by atomic mass is 35.5. The molecule has 3 nitrogen and oxygen atoms in total. The van der Waals surface area contributed by atoms with Crippen LogP contribution in [0.25, 0.3) is 11.0 Å². The highest BCUT2D eigenvalue weighted by Crippen LogP contribution is 2.27. The molecule has 1 heterocycles. The SMILES string of the molecule is CNC(=O)c1oc2ccc(Cl)cc2c1C. The van der Waals surface area contributed by atoms with Crippen molar-refractivity contribution in [1.29, 1.82) is 0 Å². The zero-order valence-electron chi connectivity index (χ0n) is 8.43. The van der Waals surface area contributed by atoms with Crippen LogP contribution in [0.5, 0.6) is 0 Å². The number of carbonyl (C=O) groups excluding carboxylic acids is 1. The van der Waals surface area contributed by atoms with E-state index < -0.39 is 0 Å². The number of hydrogen-bond donors (Lipinski definition) is 1. The first-order chi connectivity index (χ1) is 7.13. The quantitative estimate of drug-likeness (QED) is 0.808. The van der Waals surface area contributed by atoms with Gasteiger partial charge in [0.25, 0.3) is 5.91 Å². The van der Waals surface area contributed by atoms with Crippen molar-refractivity contribution in [3.63, 3.8) is 0 Å². The third-order valence-electron chi connectivity index (χ3n) is 2.33. The average Bonchev–Trinajstić information content (AvgIpc) is 2.55. The average molecular weight is 224 g/mol. The monoisotopic (exact) mass is 223 g/mol. The lowest BCUT2D eigenvalue weighted by Crippen LogP contribution is -2.17. The van der Waals surface area contributed by atoms with E-state index >= 15 is 0 Å². The van der Waals surface area contributed by atoms with Gasteiger partial charge < -0.3 is 9.73 Å². The number of carbonyl (C=O) groups is 1. The number of aryl methyl sites for hydroxylation is 1. The molecule has 1 aromatic heterocycles. The minimum absolute atomic E-state index is 0.222. The summed E-state index contributed by atoms with van der Waals surface area (Å²) in [5, 5.41) is 4.04. The summed E-state index contributed by atoms with van der Waals surface area (Å²) >= 11 is 5.87. The van der Waals surface area contributed by atoms with E-state index in [1.165, 1.54) is 0 Å². The molecule has 1 aromatic carbocycles. The lowest BCUT2D eigenvalue weighted by Gasteiger charge is -1.94. The van der Waals surface area contributed by atoms with Gasteiger partial charge in [0.15, 0.2) is 5.76 Å². The Labute approximate surface area is 92.0 Å². The molecule has 2 rings (SSSR count). The number of nitrogens with one attached hydrogen (secondary N) is 1. The van der Waals surface area contributed by atoms with Crippen LogP contribution in [0.3, 0.4) is 0 Å². The summed E-state index contributed by atoms with van der Waals surface area (Å²) in [6.07, 6.45) is 0. The molecule has 1 amide bonds. The van der Waals surface area contributed by atoms with E-state index in [0.29, 0.717) is 16.4 Å². The number of fused-ring (bicyclic) bond motifs is 1. The molecular formula is C11H10ClNO2. The number of rotatable bonds is 1. The summed E-state index contributed by atoms with van der Waals surface area (Å²) in [4.78, 5) is 11.5. The fraction of sp³-hybridized carbons (Fsp3) is 0.182. The van der Waals surface area contributed by atoms with Gasteiger partial charge in [-0.2, -0.15) is 0 Å². The highest BCUT2D eigenvalue weighted by molar-refractivity contribution is 6.31. The Hall–Kier alpha value is -1.48. The van der Waals surface area contributed by atoms with Crippen molar-refractivity contribution in [2.45, 2.75) is 6.92 Å². The summed E-state index contributed by atoms with van der Waals surface area (Å²) in [5.74, 6) is 0.120. The molecular weight excluding hydrogens is 214 g/mol. The molecule has 0 aliphatic rings. The molecule has 0 aliphatic heterocycles. The maximum atomic E-state index is 11.5. The van der Waals surface area contributed by atoms with Gasteiger partial charge in [-0.1, -0.05) is 11.6 Å². The lowest BCUT2D eigenvalue weighted by atomic mass is 10.1. The molecule has 2 aromatic rings. The maximum absolute atomic E-state index is 11.5. The number of halogens is 1.